The lowest BCUT2D eigenvalue weighted by atomic mass is 9.54. The zero-order chi connectivity index (χ0) is 23.7. The molecule has 1 amide bonds. The molecule has 0 saturated heterocycles. The van der Waals surface area contributed by atoms with E-state index in [9.17, 15) is 34.8 Å². The predicted octanol–water partition coefficient (Wildman–Crippen LogP) is -0.309. The van der Waals surface area contributed by atoms with Crippen molar-refractivity contribution in [3.05, 3.63) is 34.4 Å². The number of phenolic OH excluding ortho intramolecular Hbond substituents is 1. The first-order valence-electron chi connectivity index (χ1n) is 10.7. The van der Waals surface area contributed by atoms with Gasteiger partial charge >= 0.3 is 0 Å². The third-order valence-electron chi connectivity index (χ3n) is 7.45. The number of aliphatic hydroxyl groups excluding tert-OH is 2. The second-order valence-electron chi connectivity index (χ2n) is 9.24. The van der Waals surface area contributed by atoms with Gasteiger partial charge in [-0.25, -0.2) is 0 Å². The zero-order valence-corrected chi connectivity index (χ0v) is 18.2. The Balaban J connectivity index is 1.93. The number of aliphatic hydroxyl groups is 3. The van der Waals surface area contributed by atoms with Gasteiger partial charge in [-0.2, -0.15) is 0 Å². The van der Waals surface area contributed by atoms with Crippen molar-refractivity contribution in [1.82, 2.24) is 4.90 Å². The maximum atomic E-state index is 13.6. The Morgan fingerprint density at radius 2 is 1.91 bits per heavy atom. The smallest absolute Gasteiger partial charge is 0.230 e. The van der Waals surface area contributed by atoms with Crippen LogP contribution in [0.4, 0.5) is 0 Å². The second-order valence-corrected chi connectivity index (χ2v) is 9.24. The fourth-order valence-corrected chi connectivity index (χ4v) is 6.00. The van der Waals surface area contributed by atoms with Crippen molar-refractivity contribution in [2.75, 3.05) is 14.1 Å². The monoisotopic (exact) mass is 444 g/mol. The fraction of sp³-hybridized carbons (Fsp3) is 0.522. The Bertz CT molecular complexity index is 1060. The standard InChI is InChI=1S/C23H28N2O7/c1-4-9-5-6-13(26)15-11(9)7-10-8-12-17(25(2)3)19(28)16(22(24)31)21(30)23(12,32)20(29)14(10)18(15)27/h5-6,10,12,16-17,19,26-28,32H,4,7-8H2,1-3H3,(H2,24,31)/t10-,12-,16?,17+,19?,23-/m0/s1. The molecule has 3 aliphatic rings. The molecule has 0 aliphatic heterocycles. The highest BCUT2D eigenvalue weighted by Crippen LogP contribution is 2.52. The number of rotatable bonds is 3. The van der Waals surface area contributed by atoms with Crippen LogP contribution in [0.25, 0.3) is 5.76 Å². The van der Waals surface area contributed by atoms with Gasteiger partial charge in [-0.05, 0) is 56.5 Å². The van der Waals surface area contributed by atoms with Gasteiger partial charge in [0, 0.05) is 17.5 Å². The summed E-state index contributed by atoms with van der Waals surface area (Å²) in [5, 5.41) is 43.8. The molecule has 2 unspecified atom stereocenters. The summed E-state index contributed by atoms with van der Waals surface area (Å²) >= 11 is 0. The highest BCUT2D eigenvalue weighted by molar-refractivity contribution is 6.25. The molecule has 9 nitrogen and oxygen atoms in total. The number of primary amides is 1. The van der Waals surface area contributed by atoms with Gasteiger partial charge in [0.25, 0.3) is 0 Å². The van der Waals surface area contributed by atoms with Crippen molar-refractivity contribution >= 4 is 23.2 Å². The Labute approximate surface area is 185 Å². The molecule has 6 atom stereocenters. The Hall–Kier alpha value is -2.75. The van der Waals surface area contributed by atoms with Crippen LogP contribution in [-0.4, -0.2) is 74.6 Å². The molecule has 6 N–H and O–H groups in total. The Morgan fingerprint density at radius 3 is 2.47 bits per heavy atom. The van der Waals surface area contributed by atoms with Crippen LogP contribution in [0, 0.1) is 17.8 Å². The van der Waals surface area contributed by atoms with Crippen LogP contribution in [-0.2, 0) is 27.2 Å². The lowest BCUT2D eigenvalue weighted by Gasteiger charge is -2.53. The summed E-state index contributed by atoms with van der Waals surface area (Å²) in [6.45, 7) is 1.94. The molecular formula is C23H28N2O7. The van der Waals surface area contributed by atoms with Crippen LogP contribution in [0.1, 0.15) is 30.0 Å². The minimum absolute atomic E-state index is 0.122. The van der Waals surface area contributed by atoms with E-state index in [1.54, 1.807) is 25.1 Å². The average molecular weight is 444 g/mol. The number of nitrogens with two attached hydrogens (primary N) is 1. The number of Topliss-reactive ketones (excluding diaryl/α,β-unsaturated/α-hetero) is 2. The van der Waals surface area contributed by atoms with Crippen molar-refractivity contribution in [3.8, 4) is 5.75 Å². The number of amides is 1. The van der Waals surface area contributed by atoms with E-state index < -0.39 is 58.7 Å². The molecule has 3 aliphatic carbocycles. The van der Waals surface area contributed by atoms with E-state index >= 15 is 0 Å². The lowest BCUT2D eigenvalue weighted by molar-refractivity contribution is -0.184. The average Bonchev–Trinajstić information content (AvgIpc) is 2.70. The molecule has 172 valence electrons. The molecular weight excluding hydrogens is 416 g/mol. The van der Waals surface area contributed by atoms with E-state index in [1.807, 2.05) is 6.92 Å². The van der Waals surface area contributed by atoms with Gasteiger partial charge < -0.3 is 31.1 Å². The van der Waals surface area contributed by atoms with E-state index in [1.165, 1.54) is 6.07 Å². The molecule has 0 aromatic heterocycles. The van der Waals surface area contributed by atoms with Crippen molar-refractivity contribution < 1.29 is 34.8 Å². The number of hydrogen-bond donors (Lipinski definition) is 5. The molecule has 0 bridgehead atoms. The molecule has 2 saturated carbocycles. The van der Waals surface area contributed by atoms with Crippen LogP contribution >= 0.6 is 0 Å². The van der Waals surface area contributed by atoms with Crippen LogP contribution < -0.4 is 5.73 Å². The molecule has 9 heteroatoms. The van der Waals surface area contributed by atoms with E-state index in [0.29, 0.717) is 12.8 Å². The van der Waals surface area contributed by atoms with Gasteiger partial charge in [-0.1, -0.05) is 13.0 Å². The second kappa shape index (κ2) is 7.40. The molecule has 0 radical (unpaired) electrons. The van der Waals surface area contributed by atoms with Crippen LogP contribution in [0.3, 0.4) is 0 Å². The number of phenols is 1. The molecule has 0 spiro atoms. The highest BCUT2D eigenvalue weighted by atomic mass is 16.3. The Kier molecular flexibility index (Phi) is 5.19. The molecule has 4 rings (SSSR count). The number of nitrogens with zero attached hydrogens (tertiary/aromatic N) is 1. The van der Waals surface area contributed by atoms with Crippen molar-refractivity contribution in [1.29, 1.82) is 0 Å². The number of likely N-dealkylation sites (N-methyl/N-ethyl adjacent to an activating group) is 1. The molecule has 32 heavy (non-hydrogen) atoms. The first-order valence-corrected chi connectivity index (χ1v) is 10.7. The number of carbonyl (C=O) groups excluding carboxylic acids is 3. The van der Waals surface area contributed by atoms with Gasteiger partial charge in [0.1, 0.15) is 17.4 Å². The summed E-state index contributed by atoms with van der Waals surface area (Å²) in [7, 11) is 3.25. The number of aryl methyl sites for hydroxylation is 1. The normalized spacial score (nSPS) is 34.2. The van der Waals surface area contributed by atoms with Crippen LogP contribution in [0.5, 0.6) is 5.75 Å². The number of benzene rings is 1. The molecule has 2 fully saturated rings. The first kappa shape index (κ1) is 22.4. The predicted molar refractivity (Wildman–Crippen MR) is 113 cm³/mol. The van der Waals surface area contributed by atoms with Crippen molar-refractivity contribution in [3.63, 3.8) is 0 Å². The molecule has 0 heterocycles. The largest absolute Gasteiger partial charge is 0.507 e. The van der Waals surface area contributed by atoms with Gasteiger partial charge in [0.05, 0.1) is 11.7 Å². The van der Waals surface area contributed by atoms with E-state index in [-0.39, 0.29) is 23.3 Å². The summed E-state index contributed by atoms with van der Waals surface area (Å²) in [5.74, 6) is -7.24. The molecule has 1 aromatic rings. The third kappa shape index (κ3) is 2.78. The number of hydrogen-bond acceptors (Lipinski definition) is 8. The third-order valence-corrected chi connectivity index (χ3v) is 7.45. The minimum atomic E-state index is -2.62. The highest BCUT2D eigenvalue weighted by Gasteiger charge is 2.67. The topological polar surface area (TPSA) is 161 Å². The number of aromatic hydroxyl groups is 1. The fourth-order valence-electron chi connectivity index (χ4n) is 6.00. The number of carbonyl (C=O) groups is 3. The summed E-state index contributed by atoms with van der Waals surface area (Å²) in [6.07, 6.45) is -0.388. The van der Waals surface area contributed by atoms with E-state index in [2.05, 4.69) is 0 Å². The Morgan fingerprint density at radius 1 is 1.25 bits per heavy atom. The summed E-state index contributed by atoms with van der Waals surface area (Å²) in [6, 6.07) is 2.31. The van der Waals surface area contributed by atoms with Gasteiger partial charge in [0.2, 0.25) is 11.7 Å². The SMILES string of the molecule is CCc1ccc(O)c2c1C[C@H]1C[C@H]3[C@@H](N(C)C)C(O)C(C(N)=O)C(=O)[C@@]3(O)C(=O)C1=C2O. The van der Waals surface area contributed by atoms with Crippen molar-refractivity contribution in [2.45, 2.75) is 43.9 Å². The van der Waals surface area contributed by atoms with Crippen molar-refractivity contribution in [2.24, 2.45) is 23.5 Å². The van der Waals surface area contributed by atoms with Crippen LogP contribution in [0.15, 0.2) is 17.7 Å². The van der Waals surface area contributed by atoms with Gasteiger partial charge in [-0.3, -0.25) is 14.4 Å². The zero-order valence-electron chi connectivity index (χ0n) is 18.2. The minimum Gasteiger partial charge on any atom is -0.507 e. The van der Waals surface area contributed by atoms with Gasteiger partial charge in [-0.15, -0.1) is 0 Å². The van der Waals surface area contributed by atoms with Crippen LogP contribution in [0.2, 0.25) is 0 Å². The quantitative estimate of drug-likeness (QED) is 0.397. The van der Waals surface area contributed by atoms with E-state index in [0.717, 1.165) is 11.1 Å². The summed E-state index contributed by atoms with van der Waals surface area (Å²) < 4.78 is 0. The summed E-state index contributed by atoms with van der Waals surface area (Å²) in [4.78, 5) is 40.4. The number of ketones is 2. The first-order chi connectivity index (χ1) is 15.0. The number of fused-ring (bicyclic) bond motifs is 3. The maximum Gasteiger partial charge on any atom is 0.230 e. The summed E-state index contributed by atoms with van der Waals surface area (Å²) in [5.41, 5.74) is 4.36. The van der Waals surface area contributed by atoms with Gasteiger partial charge in [0.15, 0.2) is 11.4 Å². The lowest BCUT2D eigenvalue weighted by Crippen LogP contribution is -2.73. The maximum absolute atomic E-state index is 13.6. The molecule has 1 aromatic carbocycles. The van der Waals surface area contributed by atoms with E-state index in [4.69, 9.17) is 5.73 Å².